The van der Waals surface area contributed by atoms with Gasteiger partial charge in [-0.05, 0) is 18.6 Å². The summed E-state index contributed by atoms with van der Waals surface area (Å²) in [7, 11) is 0. The summed E-state index contributed by atoms with van der Waals surface area (Å²) < 4.78 is 13.5. The predicted molar refractivity (Wildman–Crippen MR) is 74.2 cm³/mol. The minimum atomic E-state index is -1.09. The van der Waals surface area contributed by atoms with E-state index >= 15 is 0 Å². The Labute approximate surface area is 121 Å². The molecule has 0 heterocycles. The molecule has 0 aliphatic rings. The number of hydrogen-bond donors (Lipinski definition) is 2. The van der Waals surface area contributed by atoms with Gasteiger partial charge in [-0.25, -0.2) is 9.18 Å². The molecule has 4 nitrogen and oxygen atoms in total. The van der Waals surface area contributed by atoms with E-state index in [9.17, 15) is 14.0 Å². The minimum absolute atomic E-state index is 0.0753. The van der Waals surface area contributed by atoms with Crippen molar-refractivity contribution >= 4 is 23.5 Å². The molecule has 20 heavy (non-hydrogen) atoms. The first-order valence-electron chi connectivity index (χ1n) is 6.40. The topological polar surface area (TPSA) is 66.4 Å². The van der Waals surface area contributed by atoms with Crippen molar-refractivity contribution in [1.82, 2.24) is 5.32 Å². The number of nitrogens with one attached hydrogen (secondary N) is 1. The van der Waals surface area contributed by atoms with Gasteiger partial charge in [-0.2, -0.15) is 0 Å². The van der Waals surface area contributed by atoms with E-state index in [1.807, 2.05) is 6.92 Å². The molecule has 110 valence electrons. The Kier molecular flexibility index (Phi) is 6.45. The second kappa shape index (κ2) is 7.85. The standard InChI is InChI=1S/C14H17ClFNO3/c1-2-3-7-12(14(19)20)17-13(18)8-9-10(15)5-4-6-11(9)16/h4-6,12H,2-3,7-8H2,1H3,(H,17,18)(H,19,20). The predicted octanol–water partition coefficient (Wildman–Crippen LogP) is 2.78. The molecule has 2 N–H and O–H groups in total. The van der Waals surface area contributed by atoms with Crippen LogP contribution in [0.15, 0.2) is 18.2 Å². The van der Waals surface area contributed by atoms with Gasteiger partial charge in [0.1, 0.15) is 11.9 Å². The Morgan fingerprint density at radius 3 is 2.70 bits per heavy atom. The second-order valence-electron chi connectivity index (χ2n) is 4.48. The van der Waals surface area contributed by atoms with E-state index in [0.29, 0.717) is 12.8 Å². The van der Waals surface area contributed by atoms with E-state index in [1.165, 1.54) is 18.2 Å². The van der Waals surface area contributed by atoms with Crippen LogP contribution in [0.4, 0.5) is 4.39 Å². The number of carbonyl (C=O) groups excluding carboxylic acids is 1. The third-order valence-electron chi connectivity index (χ3n) is 2.88. The molecule has 0 fully saturated rings. The highest BCUT2D eigenvalue weighted by Gasteiger charge is 2.20. The molecular weight excluding hydrogens is 285 g/mol. The zero-order valence-corrected chi connectivity index (χ0v) is 11.9. The number of hydrogen-bond acceptors (Lipinski definition) is 2. The first-order valence-corrected chi connectivity index (χ1v) is 6.78. The molecule has 6 heteroatoms. The fraction of sp³-hybridized carbons (Fsp3) is 0.429. The van der Waals surface area contributed by atoms with Crippen LogP contribution in [0.2, 0.25) is 5.02 Å². The Balaban J connectivity index is 2.68. The lowest BCUT2D eigenvalue weighted by Crippen LogP contribution is -2.41. The number of unbranched alkanes of at least 4 members (excludes halogenated alkanes) is 1. The van der Waals surface area contributed by atoms with Crippen LogP contribution in [0, 0.1) is 5.82 Å². The average Bonchev–Trinajstić information content (AvgIpc) is 2.38. The minimum Gasteiger partial charge on any atom is -0.480 e. The monoisotopic (exact) mass is 301 g/mol. The number of rotatable bonds is 7. The van der Waals surface area contributed by atoms with E-state index < -0.39 is 23.7 Å². The summed E-state index contributed by atoms with van der Waals surface area (Å²) in [6, 6.07) is 3.19. The zero-order valence-electron chi connectivity index (χ0n) is 11.2. The maximum Gasteiger partial charge on any atom is 0.326 e. The number of carboxylic acid groups (broad SMARTS) is 1. The molecule has 0 radical (unpaired) electrons. The third kappa shape index (κ3) is 4.81. The second-order valence-corrected chi connectivity index (χ2v) is 4.88. The fourth-order valence-electron chi connectivity index (χ4n) is 1.77. The molecule has 0 spiro atoms. The summed E-state index contributed by atoms with van der Waals surface area (Å²) in [5, 5.41) is 11.6. The van der Waals surface area contributed by atoms with Gasteiger partial charge in [0.2, 0.25) is 5.91 Å². The number of halogens is 2. The van der Waals surface area contributed by atoms with Gasteiger partial charge >= 0.3 is 5.97 Å². The van der Waals surface area contributed by atoms with Crippen LogP contribution in [0.25, 0.3) is 0 Å². The molecule has 0 bridgehead atoms. The molecule has 0 saturated carbocycles. The average molecular weight is 302 g/mol. The van der Waals surface area contributed by atoms with Crippen molar-refractivity contribution in [3.63, 3.8) is 0 Å². The maximum atomic E-state index is 13.5. The highest BCUT2D eigenvalue weighted by atomic mass is 35.5. The smallest absolute Gasteiger partial charge is 0.326 e. The van der Waals surface area contributed by atoms with Gasteiger partial charge in [0.05, 0.1) is 6.42 Å². The third-order valence-corrected chi connectivity index (χ3v) is 3.23. The SMILES string of the molecule is CCCCC(NC(=O)Cc1c(F)cccc1Cl)C(=O)O. The molecule has 1 aromatic rings. The number of benzene rings is 1. The lowest BCUT2D eigenvalue weighted by molar-refractivity contribution is -0.142. The number of carbonyl (C=O) groups is 2. The summed E-state index contributed by atoms with van der Waals surface area (Å²) >= 11 is 5.82. The number of carboxylic acids is 1. The molecule has 1 atom stereocenters. The van der Waals surface area contributed by atoms with Gasteiger partial charge < -0.3 is 10.4 Å². The summed E-state index contributed by atoms with van der Waals surface area (Å²) in [5.74, 6) is -2.22. The van der Waals surface area contributed by atoms with E-state index in [0.717, 1.165) is 6.42 Å². The van der Waals surface area contributed by atoms with Crippen molar-refractivity contribution in [3.8, 4) is 0 Å². The first kappa shape index (κ1) is 16.4. The highest BCUT2D eigenvalue weighted by molar-refractivity contribution is 6.31. The van der Waals surface area contributed by atoms with Gasteiger partial charge in [-0.3, -0.25) is 4.79 Å². The number of amides is 1. The Hall–Kier alpha value is -1.62. The molecule has 0 aromatic heterocycles. The molecule has 1 aromatic carbocycles. The summed E-state index contributed by atoms with van der Waals surface area (Å²) in [5.41, 5.74) is 0.0753. The van der Waals surface area contributed by atoms with Gasteiger partial charge in [0.25, 0.3) is 0 Å². The Morgan fingerprint density at radius 2 is 2.15 bits per heavy atom. The fourth-order valence-corrected chi connectivity index (χ4v) is 2.00. The lowest BCUT2D eigenvalue weighted by atomic mass is 10.1. The quantitative estimate of drug-likeness (QED) is 0.814. The highest BCUT2D eigenvalue weighted by Crippen LogP contribution is 2.19. The van der Waals surface area contributed by atoms with Gasteiger partial charge in [-0.1, -0.05) is 37.4 Å². The van der Waals surface area contributed by atoms with E-state index in [1.54, 1.807) is 0 Å². The molecule has 0 aliphatic carbocycles. The van der Waals surface area contributed by atoms with E-state index in [-0.39, 0.29) is 17.0 Å². The normalized spacial score (nSPS) is 11.9. The van der Waals surface area contributed by atoms with Crippen LogP contribution >= 0.6 is 11.6 Å². The molecular formula is C14H17ClFNO3. The van der Waals surface area contributed by atoms with Crippen LogP contribution in [0.3, 0.4) is 0 Å². The van der Waals surface area contributed by atoms with Crippen molar-refractivity contribution in [1.29, 1.82) is 0 Å². The van der Waals surface area contributed by atoms with Crippen LogP contribution in [-0.4, -0.2) is 23.0 Å². The first-order chi connectivity index (χ1) is 9.45. The van der Waals surface area contributed by atoms with Gasteiger partial charge in [0.15, 0.2) is 0 Å². The van der Waals surface area contributed by atoms with Crippen molar-refractivity contribution in [2.24, 2.45) is 0 Å². The Bertz CT molecular complexity index is 473. The lowest BCUT2D eigenvalue weighted by Gasteiger charge is -2.14. The largest absolute Gasteiger partial charge is 0.480 e. The van der Waals surface area contributed by atoms with E-state index in [2.05, 4.69) is 5.32 Å². The zero-order chi connectivity index (χ0) is 15.1. The molecule has 1 unspecified atom stereocenters. The van der Waals surface area contributed by atoms with Gasteiger partial charge in [0, 0.05) is 10.6 Å². The summed E-state index contributed by atoms with van der Waals surface area (Å²) in [6.45, 7) is 1.93. The van der Waals surface area contributed by atoms with Crippen LogP contribution in [-0.2, 0) is 16.0 Å². The molecule has 0 aliphatic heterocycles. The Morgan fingerprint density at radius 1 is 1.45 bits per heavy atom. The molecule has 0 saturated heterocycles. The van der Waals surface area contributed by atoms with E-state index in [4.69, 9.17) is 16.7 Å². The number of aliphatic carboxylic acids is 1. The van der Waals surface area contributed by atoms with Crippen molar-refractivity contribution in [2.45, 2.75) is 38.6 Å². The van der Waals surface area contributed by atoms with Crippen molar-refractivity contribution in [2.75, 3.05) is 0 Å². The maximum absolute atomic E-state index is 13.5. The van der Waals surface area contributed by atoms with Crippen LogP contribution < -0.4 is 5.32 Å². The van der Waals surface area contributed by atoms with Crippen molar-refractivity contribution < 1.29 is 19.1 Å². The van der Waals surface area contributed by atoms with Crippen LogP contribution in [0.5, 0.6) is 0 Å². The van der Waals surface area contributed by atoms with Crippen LogP contribution in [0.1, 0.15) is 31.7 Å². The molecule has 1 amide bonds. The summed E-state index contributed by atoms with van der Waals surface area (Å²) in [6.07, 6.45) is 1.60. The van der Waals surface area contributed by atoms with Gasteiger partial charge in [-0.15, -0.1) is 0 Å². The van der Waals surface area contributed by atoms with Crippen molar-refractivity contribution in [3.05, 3.63) is 34.6 Å². The summed E-state index contributed by atoms with van der Waals surface area (Å²) in [4.78, 5) is 22.8. The molecule has 1 rings (SSSR count).